The van der Waals surface area contributed by atoms with Gasteiger partial charge in [-0.15, -0.1) is 0 Å². The number of nitrogens with one attached hydrogen (secondary N) is 1. The highest BCUT2D eigenvalue weighted by Gasteiger charge is 2.28. The number of rotatable bonds is 7. The molecule has 1 aromatic heterocycles. The molecule has 0 bridgehead atoms. The lowest BCUT2D eigenvalue weighted by Crippen LogP contribution is -2.52. The van der Waals surface area contributed by atoms with Gasteiger partial charge < -0.3 is 24.6 Å². The Bertz CT molecular complexity index is 955. The maximum atomic E-state index is 12.9. The third-order valence-corrected chi connectivity index (χ3v) is 5.22. The summed E-state index contributed by atoms with van der Waals surface area (Å²) in [5.74, 6) is 0.418. The highest BCUT2D eigenvalue weighted by atomic mass is 16.5. The van der Waals surface area contributed by atoms with E-state index in [9.17, 15) is 14.4 Å². The van der Waals surface area contributed by atoms with Gasteiger partial charge in [-0.3, -0.25) is 14.4 Å². The molecule has 2 aromatic rings. The maximum Gasteiger partial charge on any atom is 0.303 e. The normalized spacial score (nSPS) is 14.5. The van der Waals surface area contributed by atoms with Crippen LogP contribution in [0.5, 0.6) is 5.75 Å². The van der Waals surface area contributed by atoms with E-state index < -0.39 is 12.1 Å². The van der Waals surface area contributed by atoms with Crippen LogP contribution in [0.25, 0.3) is 0 Å². The van der Waals surface area contributed by atoms with Crippen LogP contribution in [0.2, 0.25) is 0 Å². The zero-order chi connectivity index (χ0) is 23.1. The molecule has 9 heteroatoms. The first-order valence-corrected chi connectivity index (χ1v) is 10.5. The van der Waals surface area contributed by atoms with Crippen LogP contribution in [-0.4, -0.2) is 67.1 Å². The summed E-state index contributed by atoms with van der Waals surface area (Å²) in [6.07, 6.45) is 0.837. The molecule has 170 valence electrons. The van der Waals surface area contributed by atoms with Gasteiger partial charge in [0.15, 0.2) is 6.10 Å². The Morgan fingerprint density at radius 2 is 1.78 bits per heavy atom. The van der Waals surface area contributed by atoms with E-state index in [0.29, 0.717) is 44.1 Å². The summed E-state index contributed by atoms with van der Waals surface area (Å²) in [4.78, 5) is 44.5. The van der Waals surface area contributed by atoms with E-state index in [2.05, 4.69) is 10.3 Å². The summed E-state index contributed by atoms with van der Waals surface area (Å²) in [7, 11) is 1.61. The van der Waals surface area contributed by atoms with E-state index >= 15 is 0 Å². The third-order valence-electron chi connectivity index (χ3n) is 5.22. The summed E-state index contributed by atoms with van der Waals surface area (Å²) in [6.45, 7) is 5.18. The molecule has 1 aliphatic heterocycles. The first kappa shape index (κ1) is 23.1. The van der Waals surface area contributed by atoms with Crippen molar-refractivity contribution in [1.82, 2.24) is 15.2 Å². The lowest BCUT2D eigenvalue weighted by molar-refractivity contribution is -0.157. The predicted molar refractivity (Wildman–Crippen MR) is 118 cm³/mol. The number of ether oxygens (including phenoxy) is 2. The number of benzene rings is 1. The number of carbonyl (C=O) groups is 3. The van der Waals surface area contributed by atoms with Gasteiger partial charge in [0.05, 0.1) is 12.7 Å². The molecule has 1 N–H and O–H groups in total. The van der Waals surface area contributed by atoms with Crippen molar-refractivity contribution in [3.8, 4) is 5.75 Å². The van der Waals surface area contributed by atoms with Crippen molar-refractivity contribution in [3.05, 3.63) is 53.7 Å². The van der Waals surface area contributed by atoms with E-state index in [1.54, 1.807) is 37.3 Å². The second kappa shape index (κ2) is 10.6. The molecule has 0 radical (unpaired) electrons. The smallest absolute Gasteiger partial charge is 0.303 e. The lowest BCUT2D eigenvalue weighted by Gasteiger charge is -2.36. The molecule has 1 aliphatic rings. The SMILES string of the molecule is COc1ccc(CNC(=O)c2cccnc2N2CCN(C(=O)[C@H](C)OC(C)=O)CC2)cc1. The molecule has 32 heavy (non-hydrogen) atoms. The Morgan fingerprint density at radius 3 is 2.41 bits per heavy atom. The number of pyridine rings is 1. The van der Waals surface area contributed by atoms with Crippen molar-refractivity contribution >= 4 is 23.6 Å². The van der Waals surface area contributed by atoms with Gasteiger partial charge in [0.25, 0.3) is 11.8 Å². The first-order chi connectivity index (χ1) is 15.4. The van der Waals surface area contributed by atoms with Gasteiger partial charge in [0.2, 0.25) is 0 Å². The summed E-state index contributed by atoms with van der Waals surface area (Å²) >= 11 is 0. The Morgan fingerprint density at radius 1 is 1.09 bits per heavy atom. The first-order valence-electron chi connectivity index (χ1n) is 10.5. The van der Waals surface area contributed by atoms with Crippen LogP contribution in [0.15, 0.2) is 42.6 Å². The minimum absolute atomic E-state index is 0.217. The monoisotopic (exact) mass is 440 g/mol. The zero-order valence-corrected chi connectivity index (χ0v) is 18.5. The number of aromatic nitrogens is 1. The van der Waals surface area contributed by atoms with Gasteiger partial charge in [-0.2, -0.15) is 0 Å². The number of hydrogen-bond donors (Lipinski definition) is 1. The third kappa shape index (κ3) is 5.75. The highest BCUT2D eigenvalue weighted by molar-refractivity contribution is 5.98. The van der Waals surface area contributed by atoms with Gasteiger partial charge in [-0.05, 0) is 36.8 Å². The molecule has 0 aliphatic carbocycles. The van der Waals surface area contributed by atoms with Crippen molar-refractivity contribution in [1.29, 1.82) is 0 Å². The molecular weight excluding hydrogens is 412 g/mol. The topological polar surface area (TPSA) is 101 Å². The number of methoxy groups -OCH3 is 1. The van der Waals surface area contributed by atoms with Crippen LogP contribution in [0.3, 0.4) is 0 Å². The van der Waals surface area contributed by atoms with Crippen LogP contribution in [-0.2, 0) is 20.9 Å². The van der Waals surface area contributed by atoms with Crippen LogP contribution in [0.4, 0.5) is 5.82 Å². The molecule has 1 saturated heterocycles. The van der Waals surface area contributed by atoms with Crippen LogP contribution in [0, 0.1) is 0 Å². The molecule has 2 amide bonds. The molecule has 1 fully saturated rings. The summed E-state index contributed by atoms with van der Waals surface area (Å²) in [6, 6.07) is 11.0. The summed E-state index contributed by atoms with van der Waals surface area (Å²) in [5.41, 5.74) is 1.44. The average Bonchev–Trinajstić information content (AvgIpc) is 2.82. The number of anilines is 1. The van der Waals surface area contributed by atoms with E-state index in [4.69, 9.17) is 9.47 Å². The van der Waals surface area contributed by atoms with Crippen molar-refractivity contribution in [3.63, 3.8) is 0 Å². The van der Waals surface area contributed by atoms with Crippen molar-refractivity contribution in [2.45, 2.75) is 26.5 Å². The predicted octanol–water partition coefficient (Wildman–Crippen LogP) is 1.62. The van der Waals surface area contributed by atoms with Gasteiger partial charge in [-0.25, -0.2) is 4.98 Å². The van der Waals surface area contributed by atoms with Gasteiger partial charge in [0, 0.05) is 45.8 Å². The average molecular weight is 441 g/mol. The largest absolute Gasteiger partial charge is 0.497 e. The fourth-order valence-corrected chi connectivity index (χ4v) is 3.54. The molecule has 0 spiro atoms. The Kier molecular flexibility index (Phi) is 7.64. The van der Waals surface area contributed by atoms with Crippen LogP contribution >= 0.6 is 0 Å². The second-order valence-corrected chi connectivity index (χ2v) is 7.47. The highest BCUT2D eigenvalue weighted by Crippen LogP contribution is 2.20. The fraction of sp³-hybridized carbons (Fsp3) is 0.391. The standard InChI is InChI=1S/C23H28N4O5/c1-16(32-17(2)28)23(30)27-13-11-26(12-14-27)21-20(5-4-10-24-21)22(29)25-15-18-6-8-19(31-3)9-7-18/h4-10,16H,11-15H2,1-3H3,(H,25,29)/t16-/m0/s1. The molecule has 0 saturated carbocycles. The van der Waals surface area contributed by atoms with E-state index in [1.807, 2.05) is 29.2 Å². The second-order valence-electron chi connectivity index (χ2n) is 7.47. The minimum atomic E-state index is -0.812. The van der Waals surface area contributed by atoms with Crippen LogP contribution in [0.1, 0.15) is 29.8 Å². The minimum Gasteiger partial charge on any atom is -0.497 e. The molecule has 1 aromatic carbocycles. The van der Waals surface area contributed by atoms with Crippen molar-refractivity contribution < 1.29 is 23.9 Å². The Balaban J connectivity index is 1.60. The Hall–Kier alpha value is -3.62. The van der Waals surface area contributed by atoms with Crippen molar-refractivity contribution in [2.24, 2.45) is 0 Å². The van der Waals surface area contributed by atoms with Crippen molar-refractivity contribution in [2.75, 3.05) is 38.2 Å². The molecule has 0 unspecified atom stereocenters. The van der Waals surface area contributed by atoms with E-state index in [-0.39, 0.29) is 11.8 Å². The number of nitrogens with zero attached hydrogens (tertiary/aromatic N) is 3. The summed E-state index contributed by atoms with van der Waals surface area (Å²) in [5, 5.41) is 2.93. The van der Waals surface area contributed by atoms with E-state index in [1.165, 1.54) is 6.92 Å². The Labute approximate surface area is 187 Å². The molecule has 3 rings (SSSR count). The fourth-order valence-electron chi connectivity index (χ4n) is 3.54. The molecule has 2 heterocycles. The van der Waals surface area contributed by atoms with Gasteiger partial charge in [-0.1, -0.05) is 12.1 Å². The molecular formula is C23H28N4O5. The van der Waals surface area contributed by atoms with Gasteiger partial charge in [0.1, 0.15) is 11.6 Å². The summed E-state index contributed by atoms with van der Waals surface area (Å²) < 4.78 is 10.1. The number of hydrogen-bond acceptors (Lipinski definition) is 7. The van der Waals surface area contributed by atoms with Crippen LogP contribution < -0.4 is 15.0 Å². The number of amides is 2. The number of carbonyl (C=O) groups excluding carboxylic acids is 3. The van der Waals surface area contributed by atoms with E-state index in [0.717, 1.165) is 11.3 Å². The number of piperazine rings is 1. The molecule has 9 nitrogen and oxygen atoms in total. The molecule has 1 atom stereocenters. The lowest BCUT2D eigenvalue weighted by atomic mass is 10.1. The van der Waals surface area contributed by atoms with Gasteiger partial charge >= 0.3 is 5.97 Å². The zero-order valence-electron chi connectivity index (χ0n) is 18.5. The quantitative estimate of drug-likeness (QED) is 0.653. The number of esters is 1. The maximum absolute atomic E-state index is 12.9.